The Kier molecular flexibility index (Phi) is 6.25. The number of Topliss-reactive ketones (excluding diaryl/α,β-unsaturated/α-hetero) is 1. The smallest absolute Gasteiger partial charge is 0.312 e. The Morgan fingerprint density at radius 3 is 2.57 bits per heavy atom. The lowest BCUT2D eigenvalue weighted by Gasteiger charge is -2.19. The molecule has 3 rings (SSSR count). The molecule has 0 spiro atoms. The van der Waals surface area contributed by atoms with Gasteiger partial charge < -0.3 is 9.64 Å². The number of nitro groups is 1. The summed E-state index contributed by atoms with van der Waals surface area (Å²) in [7, 11) is 0. The average Bonchev–Trinajstić information content (AvgIpc) is 3.14. The number of carbonyl (C=O) groups is 3. The summed E-state index contributed by atoms with van der Waals surface area (Å²) in [6.45, 7) is 3.41. The van der Waals surface area contributed by atoms with Crippen LogP contribution in [-0.4, -0.2) is 35.2 Å². The molecule has 2 atom stereocenters. The van der Waals surface area contributed by atoms with Gasteiger partial charge >= 0.3 is 5.97 Å². The first-order valence-electron chi connectivity index (χ1n) is 9.67. The zero-order valence-electron chi connectivity index (χ0n) is 16.7. The van der Waals surface area contributed by atoms with Crippen molar-refractivity contribution in [1.29, 1.82) is 0 Å². The molecule has 0 bridgehead atoms. The van der Waals surface area contributed by atoms with Crippen LogP contribution < -0.4 is 4.90 Å². The van der Waals surface area contributed by atoms with Crippen molar-refractivity contribution < 1.29 is 24.0 Å². The van der Waals surface area contributed by atoms with Gasteiger partial charge in [0.25, 0.3) is 5.69 Å². The van der Waals surface area contributed by atoms with Crippen LogP contribution in [0.4, 0.5) is 11.4 Å². The molecule has 30 heavy (non-hydrogen) atoms. The number of ether oxygens (including phenoxy) is 1. The van der Waals surface area contributed by atoms with Gasteiger partial charge in [-0.25, -0.2) is 0 Å². The highest BCUT2D eigenvalue weighted by atomic mass is 16.6. The first kappa shape index (κ1) is 21.2. The van der Waals surface area contributed by atoms with Crippen LogP contribution in [0, 0.1) is 23.0 Å². The zero-order chi connectivity index (χ0) is 21.8. The number of hydrogen-bond acceptors (Lipinski definition) is 6. The van der Waals surface area contributed by atoms with Crippen molar-refractivity contribution in [2.75, 3.05) is 11.4 Å². The van der Waals surface area contributed by atoms with Gasteiger partial charge in [0.2, 0.25) is 11.7 Å². The fourth-order valence-electron chi connectivity index (χ4n) is 3.42. The van der Waals surface area contributed by atoms with Crippen molar-refractivity contribution >= 4 is 29.0 Å². The Morgan fingerprint density at radius 1 is 1.23 bits per heavy atom. The van der Waals surface area contributed by atoms with Crippen molar-refractivity contribution in [2.45, 2.75) is 32.8 Å². The number of aryl methyl sites for hydroxylation is 1. The molecule has 156 valence electrons. The molecule has 1 heterocycles. The molecule has 0 radical (unpaired) electrons. The van der Waals surface area contributed by atoms with Gasteiger partial charge in [-0.15, -0.1) is 0 Å². The Labute approximate surface area is 173 Å². The minimum atomic E-state index is -0.926. The van der Waals surface area contributed by atoms with E-state index in [0.29, 0.717) is 23.2 Å². The number of carbonyl (C=O) groups excluding carboxylic acids is 3. The topological polar surface area (TPSA) is 107 Å². The third-order valence-corrected chi connectivity index (χ3v) is 5.14. The molecule has 1 fully saturated rings. The number of anilines is 1. The summed E-state index contributed by atoms with van der Waals surface area (Å²) < 4.78 is 5.44. The van der Waals surface area contributed by atoms with Gasteiger partial charge in [0.15, 0.2) is 6.10 Å². The van der Waals surface area contributed by atoms with Crippen LogP contribution in [0.3, 0.4) is 0 Å². The van der Waals surface area contributed by atoms with Gasteiger partial charge in [-0.05, 0) is 19.4 Å². The molecule has 8 nitrogen and oxygen atoms in total. The van der Waals surface area contributed by atoms with Crippen molar-refractivity contribution in [3.05, 3.63) is 69.8 Å². The lowest BCUT2D eigenvalue weighted by molar-refractivity contribution is -0.385. The average molecular weight is 410 g/mol. The molecule has 0 aromatic heterocycles. The Morgan fingerprint density at radius 2 is 1.93 bits per heavy atom. The quantitative estimate of drug-likeness (QED) is 0.299. The van der Waals surface area contributed by atoms with Gasteiger partial charge in [-0.3, -0.25) is 24.5 Å². The molecule has 2 aromatic carbocycles. The maximum absolute atomic E-state index is 12.6. The van der Waals surface area contributed by atoms with Crippen molar-refractivity contribution in [3.63, 3.8) is 0 Å². The van der Waals surface area contributed by atoms with Crippen LogP contribution in [-0.2, 0) is 14.3 Å². The predicted molar refractivity (Wildman–Crippen MR) is 109 cm³/mol. The standard InChI is InChI=1S/C22H22N2O6/c1-3-19(21(26)15-7-5-4-6-8-15)30-22(27)16-11-20(25)23(13-16)17-10-9-14(2)18(12-17)24(28)29/h4-10,12,16,19H,3,11,13H2,1-2H3/t16-,19+/m1/s1. The normalized spacial score (nSPS) is 16.9. The lowest BCUT2D eigenvalue weighted by Crippen LogP contribution is -2.31. The van der Waals surface area contributed by atoms with E-state index in [0.717, 1.165) is 0 Å². The van der Waals surface area contributed by atoms with Crippen LogP contribution in [0.25, 0.3) is 0 Å². The van der Waals surface area contributed by atoms with E-state index in [1.165, 1.54) is 11.0 Å². The van der Waals surface area contributed by atoms with E-state index in [1.54, 1.807) is 56.3 Å². The maximum atomic E-state index is 12.6. The molecule has 8 heteroatoms. The van der Waals surface area contributed by atoms with Crippen LogP contribution >= 0.6 is 0 Å². The molecule has 1 amide bonds. The minimum Gasteiger partial charge on any atom is -0.454 e. The summed E-state index contributed by atoms with van der Waals surface area (Å²) in [4.78, 5) is 49.7. The number of nitro benzene ring substituents is 1. The van der Waals surface area contributed by atoms with Gasteiger partial charge in [0.05, 0.1) is 16.5 Å². The number of ketones is 1. The molecule has 1 aliphatic heterocycles. The molecule has 2 aromatic rings. The van der Waals surface area contributed by atoms with Gasteiger partial charge in [0, 0.05) is 30.2 Å². The zero-order valence-corrected chi connectivity index (χ0v) is 16.7. The maximum Gasteiger partial charge on any atom is 0.312 e. The van der Waals surface area contributed by atoms with Crippen molar-refractivity contribution in [3.8, 4) is 0 Å². The summed E-state index contributed by atoms with van der Waals surface area (Å²) in [5.74, 6) is -1.97. The monoisotopic (exact) mass is 410 g/mol. The molecular formula is C22H22N2O6. The Hall–Kier alpha value is -3.55. The number of esters is 1. The van der Waals surface area contributed by atoms with E-state index in [2.05, 4.69) is 0 Å². The summed E-state index contributed by atoms with van der Waals surface area (Å²) in [5.41, 5.74) is 1.20. The molecule has 1 aliphatic rings. The molecule has 1 saturated heterocycles. The highest BCUT2D eigenvalue weighted by molar-refractivity contribution is 6.02. The minimum absolute atomic E-state index is 0.0494. The lowest BCUT2D eigenvalue weighted by atomic mass is 10.0. The SMILES string of the molecule is CC[C@H](OC(=O)[C@@H]1CC(=O)N(c2ccc(C)c([N+](=O)[O-])c2)C1)C(=O)c1ccccc1. The largest absolute Gasteiger partial charge is 0.454 e. The van der Waals surface area contributed by atoms with Crippen LogP contribution in [0.15, 0.2) is 48.5 Å². The van der Waals surface area contributed by atoms with Crippen LogP contribution in [0.2, 0.25) is 0 Å². The number of benzene rings is 2. The van der Waals surface area contributed by atoms with Crippen molar-refractivity contribution in [2.24, 2.45) is 5.92 Å². The van der Waals surface area contributed by atoms with E-state index >= 15 is 0 Å². The number of rotatable bonds is 7. The van der Waals surface area contributed by atoms with E-state index in [-0.39, 0.29) is 30.3 Å². The molecule has 0 aliphatic carbocycles. The van der Waals surface area contributed by atoms with Crippen LogP contribution in [0.1, 0.15) is 35.7 Å². The first-order chi connectivity index (χ1) is 14.3. The summed E-state index contributed by atoms with van der Waals surface area (Å²) in [5, 5.41) is 11.2. The molecule has 0 saturated carbocycles. The third kappa shape index (κ3) is 4.37. The second kappa shape index (κ2) is 8.86. The van der Waals surface area contributed by atoms with Crippen LogP contribution in [0.5, 0.6) is 0 Å². The molecule has 0 unspecified atom stereocenters. The number of hydrogen-bond donors (Lipinski definition) is 0. The second-order valence-electron chi connectivity index (χ2n) is 7.20. The number of amides is 1. The van der Waals surface area contributed by atoms with Gasteiger partial charge in [0.1, 0.15) is 0 Å². The highest BCUT2D eigenvalue weighted by Gasteiger charge is 2.38. The van der Waals surface area contributed by atoms with E-state index < -0.39 is 22.9 Å². The second-order valence-corrected chi connectivity index (χ2v) is 7.20. The Bertz CT molecular complexity index is 988. The van der Waals surface area contributed by atoms with Crippen molar-refractivity contribution in [1.82, 2.24) is 0 Å². The molecule has 0 N–H and O–H groups in total. The number of nitrogens with zero attached hydrogens (tertiary/aromatic N) is 2. The highest BCUT2D eigenvalue weighted by Crippen LogP contribution is 2.30. The fourth-order valence-corrected chi connectivity index (χ4v) is 3.42. The predicted octanol–water partition coefficient (Wildman–Crippen LogP) is 3.46. The fraction of sp³-hybridized carbons (Fsp3) is 0.318. The summed E-state index contributed by atoms with van der Waals surface area (Å²) in [6.07, 6.45) is -0.686. The summed E-state index contributed by atoms with van der Waals surface area (Å²) in [6, 6.07) is 13.1. The van der Waals surface area contributed by atoms with E-state index in [1.807, 2.05) is 0 Å². The third-order valence-electron chi connectivity index (χ3n) is 5.14. The molecular weight excluding hydrogens is 388 g/mol. The van der Waals surface area contributed by atoms with E-state index in [9.17, 15) is 24.5 Å². The first-order valence-corrected chi connectivity index (χ1v) is 9.67. The summed E-state index contributed by atoms with van der Waals surface area (Å²) >= 11 is 0. The Balaban J connectivity index is 1.71. The van der Waals surface area contributed by atoms with E-state index in [4.69, 9.17) is 4.74 Å². The van der Waals surface area contributed by atoms with Gasteiger partial charge in [-0.1, -0.05) is 43.3 Å². The van der Waals surface area contributed by atoms with Gasteiger partial charge in [-0.2, -0.15) is 0 Å².